The van der Waals surface area contributed by atoms with E-state index in [0.717, 1.165) is 0 Å². The summed E-state index contributed by atoms with van der Waals surface area (Å²) in [5, 5.41) is 10.4. The van der Waals surface area contributed by atoms with Gasteiger partial charge in [0, 0.05) is 0 Å². The zero-order chi connectivity index (χ0) is 9.84. The molecule has 1 unspecified atom stereocenters. The molecule has 0 aliphatic carbocycles. The van der Waals surface area contributed by atoms with Gasteiger partial charge in [0.15, 0.2) is 5.06 Å². The number of esters is 1. The Morgan fingerprint density at radius 2 is 2.31 bits per heavy atom. The number of carboxylic acids is 1. The number of carboxylic acid groups (broad SMARTS) is 1. The Bertz CT molecular complexity index is 308. The number of carbonyl (C=O) groups excluding carboxylic acids is 1. The van der Waals surface area contributed by atoms with Gasteiger partial charge in [-0.2, -0.15) is 0 Å². The van der Waals surface area contributed by atoms with Crippen molar-refractivity contribution in [2.75, 3.05) is 0 Å². The molecule has 3 N–H and O–H groups in total. The summed E-state index contributed by atoms with van der Waals surface area (Å²) in [4.78, 5) is 21.2. The maximum atomic E-state index is 10.9. The lowest BCUT2D eigenvalue weighted by Gasteiger charge is -2.04. The van der Waals surface area contributed by atoms with Crippen molar-refractivity contribution >= 4 is 23.3 Å². The molecule has 0 amide bonds. The number of hydrogen-bond donors (Lipinski definition) is 2. The molecule has 1 atom stereocenters. The Morgan fingerprint density at radius 1 is 1.62 bits per heavy atom. The van der Waals surface area contributed by atoms with Gasteiger partial charge in [0.25, 0.3) is 0 Å². The predicted octanol–water partition coefficient (Wildman–Crippen LogP) is 0.0654. The minimum absolute atomic E-state index is 0.335. The molecule has 70 valence electrons. The molecule has 5 nitrogen and oxygen atoms in total. The molecule has 0 aliphatic heterocycles. The van der Waals surface area contributed by atoms with Crippen molar-refractivity contribution in [1.82, 2.24) is 0 Å². The number of thiophene rings is 1. The van der Waals surface area contributed by atoms with E-state index < -0.39 is 18.0 Å². The Kier molecular flexibility index (Phi) is 2.99. The first kappa shape index (κ1) is 9.69. The topological polar surface area (TPSA) is 89.6 Å². The molecule has 0 fully saturated rings. The minimum Gasteiger partial charge on any atom is -0.480 e. The molecule has 0 bridgehead atoms. The second-order valence-electron chi connectivity index (χ2n) is 2.17. The molecule has 0 aliphatic rings. The van der Waals surface area contributed by atoms with E-state index in [9.17, 15) is 9.59 Å². The molecule has 0 aromatic carbocycles. The first-order valence-corrected chi connectivity index (χ1v) is 4.23. The lowest BCUT2D eigenvalue weighted by molar-refractivity contribution is -0.147. The summed E-state index contributed by atoms with van der Waals surface area (Å²) < 4.78 is 4.65. The molecule has 0 saturated heterocycles. The normalized spacial score (nSPS) is 12.1. The van der Waals surface area contributed by atoms with Crippen molar-refractivity contribution in [3.05, 3.63) is 17.5 Å². The summed E-state index contributed by atoms with van der Waals surface area (Å²) in [5.41, 5.74) is 5.01. The van der Waals surface area contributed by atoms with Crippen molar-refractivity contribution in [3.8, 4) is 5.06 Å². The monoisotopic (exact) mass is 201 g/mol. The fourth-order valence-corrected chi connectivity index (χ4v) is 1.16. The summed E-state index contributed by atoms with van der Waals surface area (Å²) in [5.74, 6) is -2.36. The van der Waals surface area contributed by atoms with E-state index in [1.807, 2.05) is 0 Å². The van der Waals surface area contributed by atoms with Crippen LogP contribution in [0.2, 0.25) is 0 Å². The molecule has 1 heterocycles. The Labute approximate surface area is 77.7 Å². The van der Waals surface area contributed by atoms with Crippen molar-refractivity contribution < 1.29 is 19.4 Å². The van der Waals surface area contributed by atoms with E-state index in [4.69, 9.17) is 10.8 Å². The maximum absolute atomic E-state index is 10.9. The van der Waals surface area contributed by atoms with Crippen LogP contribution in [0.1, 0.15) is 0 Å². The summed E-state index contributed by atoms with van der Waals surface area (Å²) >= 11 is 1.19. The van der Waals surface area contributed by atoms with Crippen LogP contribution in [0.5, 0.6) is 5.06 Å². The lowest BCUT2D eigenvalue weighted by atomic mass is 10.3. The molecule has 13 heavy (non-hydrogen) atoms. The van der Waals surface area contributed by atoms with Crippen molar-refractivity contribution in [2.45, 2.75) is 6.04 Å². The average Bonchev–Trinajstić information content (AvgIpc) is 2.55. The van der Waals surface area contributed by atoms with Gasteiger partial charge in [-0.25, -0.2) is 9.59 Å². The standard InChI is InChI=1S/C7H7NO4S/c8-5(6(9)10)7(11)12-4-2-1-3-13-4/h1-3,5H,8H2,(H,9,10). The summed E-state index contributed by atoms with van der Waals surface area (Å²) in [6, 6.07) is 1.61. The van der Waals surface area contributed by atoms with Gasteiger partial charge in [0.2, 0.25) is 6.04 Å². The predicted molar refractivity (Wildman–Crippen MR) is 45.6 cm³/mol. The third-order valence-corrected chi connectivity index (χ3v) is 1.96. The Hall–Kier alpha value is -1.40. The van der Waals surface area contributed by atoms with Crippen LogP contribution in [-0.4, -0.2) is 23.1 Å². The molecule has 0 saturated carbocycles. The molecule has 0 spiro atoms. The van der Waals surface area contributed by atoms with Crippen LogP contribution in [0, 0.1) is 0 Å². The van der Waals surface area contributed by atoms with Crippen LogP contribution >= 0.6 is 11.3 Å². The van der Waals surface area contributed by atoms with Crippen LogP contribution in [0.3, 0.4) is 0 Å². The third-order valence-electron chi connectivity index (χ3n) is 1.22. The molecule has 6 heteroatoms. The molecule has 0 radical (unpaired) electrons. The number of nitrogens with two attached hydrogens (primary N) is 1. The Balaban J connectivity index is 2.56. The van der Waals surface area contributed by atoms with Crippen LogP contribution in [0.4, 0.5) is 0 Å². The second kappa shape index (κ2) is 4.01. The highest BCUT2D eigenvalue weighted by atomic mass is 32.1. The molecule has 1 aromatic heterocycles. The van der Waals surface area contributed by atoms with Crippen molar-refractivity contribution in [2.24, 2.45) is 5.73 Å². The fourth-order valence-electron chi connectivity index (χ4n) is 0.585. The smallest absolute Gasteiger partial charge is 0.340 e. The van der Waals surface area contributed by atoms with E-state index in [1.54, 1.807) is 17.5 Å². The number of ether oxygens (including phenoxy) is 1. The van der Waals surface area contributed by atoms with Gasteiger partial charge in [0.1, 0.15) is 0 Å². The van der Waals surface area contributed by atoms with Crippen LogP contribution in [-0.2, 0) is 9.59 Å². The highest BCUT2D eigenvalue weighted by Gasteiger charge is 2.23. The van der Waals surface area contributed by atoms with E-state index in [1.165, 1.54) is 11.3 Å². The summed E-state index contributed by atoms with van der Waals surface area (Å²) in [6.07, 6.45) is 0. The van der Waals surface area contributed by atoms with Gasteiger partial charge in [0.05, 0.1) is 0 Å². The highest BCUT2D eigenvalue weighted by Crippen LogP contribution is 2.18. The van der Waals surface area contributed by atoms with Gasteiger partial charge < -0.3 is 15.6 Å². The lowest BCUT2D eigenvalue weighted by Crippen LogP contribution is -2.41. The Morgan fingerprint density at radius 3 is 2.77 bits per heavy atom. The van der Waals surface area contributed by atoms with E-state index in [-0.39, 0.29) is 0 Å². The summed E-state index contributed by atoms with van der Waals surface area (Å²) in [7, 11) is 0. The average molecular weight is 201 g/mol. The third kappa shape index (κ3) is 2.53. The minimum atomic E-state index is -1.62. The van der Waals surface area contributed by atoms with E-state index >= 15 is 0 Å². The molecule has 1 rings (SSSR count). The van der Waals surface area contributed by atoms with Crippen molar-refractivity contribution in [1.29, 1.82) is 0 Å². The van der Waals surface area contributed by atoms with E-state index in [2.05, 4.69) is 4.74 Å². The molecule has 1 aromatic rings. The van der Waals surface area contributed by atoms with Gasteiger partial charge in [-0.05, 0) is 17.5 Å². The molecular formula is C7H7NO4S. The SMILES string of the molecule is NC(C(=O)O)C(=O)Oc1cccs1. The van der Waals surface area contributed by atoms with Gasteiger partial charge in [-0.3, -0.25) is 0 Å². The maximum Gasteiger partial charge on any atom is 0.340 e. The first-order chi connectivity index (χ1) is 6.11. The first-order valence-electron chi connectivity index (χ1n) is 3.35. The van der Waals surface area contributed by atoms with Crippen LogP contribution in [0.25, 0.3) is 0 Å². The highest BCUT2D eigenvalue weighted by molar-refractivity contribution is 7.11. The van der Waals surface area contributed by atoms with Crippen LogP contribution in [0.15, 0.2) is 17.5 Å². The zero-order valence-corrected chi connectivity index (χ0v) is 7.28. The largest absolute Gasteiger partial charge is 0.480 e. The van der Waals surface area contributed by atoms with Gasteiger partial charge >= 0.3 is 11.9 Å². The number of aliphatic carboxylic acids is 1. The second-order valence-corrected chi connectivity index (χ2v) is 3.08. The zero-order valence-electron chi connectivity index (χ0n) is 6.47. The van der Waals surface area contributed by atoms with Gasteiger partial charge in [-0.15, -0.1) is 11.3 Å². The van der Waals surface area contributed by atoms with Crippen LogP contribution < -0.4 is 10.5 Å². The fraction of sp³-hybridized carbons (Fsp3) is 0.143. The number of carbonyl (C=O) groups is 2. The summed E-state index contributed by atoms with van der Waals surface area (Å²) in [6.45, 7) is 0. The van der Waals surface area contributed by atoms with Gasteiger partial charge in [-0.1, -0.05) is 0 Å². The van der Waals surface area contributed by atoms with Crippen molar-refractivity contribution in [3.63, 3.8) is 0 Å². The quantitative estimate of drug-likeness (QED) is 0.533. The molecular weight excluding hydrogens is 194 g/mol. The number of rotatable bonds is 3. The van der Waals surface area contributed by atoms with E-state index in [0.29, 0.717) is 5.06 Å². The number of hydrogen-bond acceptors (Lipinski definition) is 5.